The Bertz CT molecular complexity index is 800. The van der Waals surface area contributed by atoms with Crippen molar-refractivity contribution < 1.29 is 19.1 Å². The summed E-state index contributed by atoms with van der Waals surface area (Å²) in [5.74, 6) is 0.0138. The zero-order chi connectivity index (χ0) is 19.1. The van der Waals surface area contributed by atoms with Gasteiger partial charge < -0.3 is 15.4 Å². The molecule has 0 aliphatic carbocycles. The second-order valence-electron chi connectivity index (χ2n) is 5.93. The van der Waals surface area contributed by atoms with Gasteiger partial charge in [-0.05, 0) is 48.9 Å². The number of rotatable bonds is 7. The minimum absolute atomic E-state index is 0.0444. The van der Waals surface area contributed by atoms with Crippen LogP contribution in [-0.2, 0) is 16.0 Å². The maximum Gasteiger partial charge on any atom is 0.247 e. The Balaban J connectivity index is 2.12. The Kier molecular flexibility index (Phi) is 6.49. The largest absolute Gasteiger partial charge is 0.497 e. The van der Waals surface area contributed by atoms with Crippen LogP contribution in [0.1, 0.15) is 29.8 Å². The van der Waals surface area contributed by atoms with Gasteiger partial charge in [-0.15, -0.1) is 0 Å². The normalized spacial score (nSPS) is 11.3. The van der Waals surface area contributed by atoms with E-state index in [0.29, 0.717) is 23.4 Å². The first kappa shape index (κ1) is 19.2. The molecule has 0 aromatic heterocycles. The minimum atomic E-state index is -0.730. The van der Waals surface area contributed by atoms with Crippen LogP contribution in [0.25, 0.3) is 0 Å². The van der Waals surface area contributed by atoms with Gasteiger partial charge in [-0.2, -0.15) is 0 Å². The smallest absolute Gasteiger partial charge is 0.247 e. The number of Topliss-reactive ketones (excluding diaryl/α,β-unsaturated/α-hetero) is 1. The lowest BCUT2D eigenvalue weighted by Crippen LogP contribution is -2.44. The summed E-state index contributed by atoms with van der Waals surface area (Å²) < 4.78 is 5.19. The number of hydrogen-bond donors (Lipinski definition) is 2. The zero-order valence-electron chi connectivity index (χ0n) is 15.0. The molecule has 6 nitrogen and oxygen atoms in total. The first-order valence-corrected chi connectivity index (χ1v) is 8.21. The fourth-order valence-electron chi connectivity index (χ4n) is 2.51. The number of hydrogen-bond acceptors (Lipinski definition) is 4. The molecule has 0 aliphatic rings. The molecule has 2 aromatic carbocycles. The highest BCUT2D eigenvalue weighted by Crippen LogP contribution is 2.15. The first-order valence-electron chi connectivity index (χ1n) is 8.21. The van der Waals surface area contributed by atoms with Crippen molar-refractivity contribution in [2.24, 2.45) is 0 Å². The van der Waals surface area contributed by atoms with E-state index in [-0.39, 0.29) is 17.6 Å². The fraction of sp³-hybridized carbons (Fsp3) is 0.250. The predicted molar refractivity (Wildman–Crippen MR) is 99.4 cm³/mol. The van der Waals surface area contributed by atoms with Gasteiger partial charge in [0.15, 0.2) is 5.78 Å². The highest BCUT2D eigenvalue weighted by molar-refractivity contribution is 5.98. The van der Waals surface area contributed by atoms with Gasteiger partial charge in [0.05, 0.1) is 7.11 Å². The second-order valence-corrected chi connectivity index (χ2v) is 5.93. The van der Waals surface area contributed by atoms with Gasteiger partial charge in [0.1, 0.15) is 11.8 Å². The average molecular weight is 354 g/mol. The van der Waals surface area contributed by atoms with Gasteiger partial charge in [-0.25, -0.2) is 0 Å². The zero-order valence-corrected chi connectivity index (χ0v) is 15.0. The van der Waals surface area contributed by atoms with Crippen LogP contribution in [-0.4, -0.2) is 30.7 Å². The lowest BCUT2D eigenvalue weighted by molar-refractivity contribution is -0.125. The molecule has 2 N–H and O–H groups in total. The van der Waals surface area contributed by atoms with E-state index >= 15 is 0 Å². The van der Waals surface area contributed by atoms with Crippen LogP contribution in [0.5, 0.6) is 5.75 Å². The van der Waals surface area contributed by atoms with Gasteiger partial charge in [-0.1, -0.05) is 12.1 Å². The molecule has 0 bridgehead atoms. The molecule has 0 saturated carbocycles. The Morgan fingerprint density at radius 3 is 2.31 bits per heavy atom. The number of benzene rings is 2. The van der Waals surface area contributed by atoms with E-state index in [1.54, 1.807) is 31.4 Å². The van der Waals surface area contributed by atoms with Crippen LogP contribution < -0.4 is 15.4 Å². The number of methoxy groups -OCH3 is 1. The minimum Gasteiger partial charge on any atom is -0.497 e. The molecule has 6 heteroatoms. The van der Waals surface area contributed by atoms with Crippen LogP contribution in [0.4, 0.5) is 5.69 Å². The summed E-state index contributed by atoms with van der Waals surface area (Å²) in [6.45, 7) is 2.85. The number of ketones is 1. The van der Waals surface area contributed by atoms with Crippen molar-refractivity contribution in [3.63, 3.8) is 0 Å². The third-order valence-corrected chi connectivity index (χ3v) is 3.83. The van der Waals surface area contributed by atoms with E-state index in [2.05, 4.69) is 10.6 Å². The first-order chi connectivity index (χ1) is 12.4. The summed E-state index contributed by atoms with van der Waals surface area (Å²) in [6.07, 6.45) is 0.328. The summed E-state index contributed by atoms with van der Waals surface area (Å²) in [5, 5.41) is 5.44. The number of carbonyl (C=O) groups excluding carboxylic acids is 3. The summed E-state index contributed by atoms with van der Waals surface area (Å²) in [7, 11) is 1.57. The maximum atomic E-state index is 12.6. The topological polar surface area (TPSA) is 84.5 Å². The summed E-state index contributed by atoms with van der Waals surface area (Å²) in [4.78, 5) is 35.4. The Morgan fingerprint density at radius 1 is 1.04 bits per heavy atom. The van der Waals surface area contributed by atoms with Crippen LogP contribution in [0, 0.1) is 0 Å². The Hall–Kier alpha value is -3.15. The molecular formula is C20H22N2O4. The summed E-state index contributed by atoms with van der Waals surface area (Å²) in [5.41, 5.74) is 1.99. The molecule has 136 valence electrons. The van der Waals surface area contributed by atoms with Gasteiger partial charge in [0.2, 0.25) is 11.8 Å². The van der Waals surface area contributed by atoms with Crippen LogP contribution >= 0.6 is 0 Å². The number of anilines is 1. The van der Waals surface area contributed by atoms with Crippen molar-refractivity contribution in [1.29, 1.82) is 0 Å². The van der Waals surface area contributed by atoms with E-state index < -0.39 is 6.04 Å². The molecule has 1 atom stereocenters. The lowest BCUT2D eigenvalue weighted by Gasteiger charge is -2.18. The monoisotopic (exact) mass is 354 g/mol. The van der Waals surface area contributed by atoms with Crippen LogP contribution in [0.3, 0.4) is 0 Å². The highest BCUT2D eigenvalue weighted by Gasteiger charge is 2.20. The molecule has 2 aromatic rings. The van der Waals surface area contributed by atoms with Crippen LogP contribution in [0.2, 0.25) is 0 Å². The summed E-state index contributed by atoms with van der Waals surface area (Å²) in [6, 6.07) is 13.2. The molecule has 0 aliphatic heterocycles. The van der Waals surface area contributed by atoms with E-state index in [9.17, 15) is 14.4 Å². The molecule has 2 rings (SSSR count). The quantitative estimate of drug-likeness (QED) is 0.749. The molecule has 0 fully saturated rings. The van der Waals surface area contributed by atoms with Crippen molar-refractivity contribution in [3.8, 4) is 5.75 Å². The van der Waals surface area contributed by atoms with E-state index in [4.69, 9.17) is 4.74 Å². The van der Waals surface area contributed by atoms with Crippen molar-refractivity contribution >= 4 is 23.3 Å². The molecule has 2 amide bonds. The van der Waals surface area contributed by atoms with Crippen molar-refractivity contribution in [3.05, 3.63) is 59.7 Å². The molecule has 0 spiro atoms. The van der Waals surface area contributed by atoms with Gasteiger partial charge >= 0.3 is 0 Å². The molecule has 26 heavy (non-hydrogen) atoms. The Morgan fingerprint density at radius 2 is 1.73 bits per heavy atom. The maximum absolute atomic E-state index is 12.6. The van der Waals surface area contributed by atoms with Gasteiger partial charge in [0, 0.05) is 24.6 Å². The predicted octanol–water partition coefficient (Wildman–Crippen LogP) is 2.58. The van der Waals surface area contributed by atoms with Gasteiger partial charge in [0.25, 0.3) is 0 Å². The molecule has 1 unspecified atom stereocenters. The van der Waals surface area contributed by atoms with E-state index in [0.717, 1.165) is 5.56 Å². The third kappa shape index (κ3) is 5.44. The SMILES string of the molecule is COc1cccc(CC(NC(C)=O)C(=O)Nc2ccc(C(C)=O)cc2)c1. The fourth-order valence-corrected chi connectivity index (χ4v) is 2.51. The number of ether oxygens (including phenoxy) is 1. The number of amides is 2. The molecular weight excluding hydrogens is 332 g/mol. The van der Waals surface area contributed by atoms with Crippen LogP contribution in [0.15, 0.2) is 48.5 Å². The number of nitrogens with one attached hydrogen (secondary N) is 2. The van der Waals surface area contributed by atoms with Gasteiger partial charge in [-0.3, -0.25) is 14.4 Å². The lowest BCUT2D eigenvalue weighted by atomic mass is 10.0. The Labute approximate surface area is 152 Å². The van der Waals surface area contributed by atoms with Crippen molar-refractivity contribution in [1.82, 2.24) is 5.32 Å². The molecule has 0 radical (unpaired) electrons. The molecule has 0 heterocycles. The average Bonchev–Trinajstić information content (AvgIpc) is 2.61. The second kappa shape index (κ2) is 8.80. The molecule has 0 saturated heterocycles. The van der Waals surface area contributed by atoms with E-state index in [1.807, 2.05) is 24.3 Å². The number of carbonyl (C=O) groups is 3. The van der Waals surface area contributed by atoms with Crippen molar-refractivity contribution in [2.75, 3.05) is 12.4 Å². The standard InChI is InChI=1S/C20H22N2O4/c1-13(23)16-7-9-17(10-8-16)22-20(25)19(21-14(2)24)12-15-5-4-6-18(11-15)26-3/h4-11,19H,12H2,1-3H3,(H,21,24)(H,22,25). The summed E-state index contributed by atoms with van der Waals surface area (Å²) >= 11 is 0. The van der Waals surface area contributed by atoms with Crippen molar-refractivity contribution in [2.45, 2.75) is 26.3 Å². The third-order valence-electron chi connectivity index (χ3n) is 3.83. The highest BCUT2D eigenvalue weighted by atomic mass is 16.5. The van der Waals surface area contributed by atoms with E-state index in [1.165, 1.54) is 13.8 Å².